The number of hydrogen-bond donors (Lipinski definition) is 1. The minimum atomic E-state index is -0.823. The number of hydrogen-bond acceptors (Lipinski definition) is 3. The van der Waals surface area contributed by atoms with E-state index >= 15 is 0 Å². The predicted molar refractivity (Wildman–Crippen MR) is 49.0 cm³/mol. The molecule has 0 unspecified atom stereocenters. The Morgan fingerprint density at radius 2 is 2.00 bits per heavy atom. The van der Waals surface area contributed by atoms with Crippen LogP contribution in [-0.4, -0.2) is 15.1 Å². The fourth-order valence-electron chi connectivity index (χ4n) is 1.20. The Kier molecular flexibility index (Phi) is 2.29. The molecule has 0 aliphatic carbocycles. The van der Waals surface area contributed by atoms with Crippen molar-refractivity contribution in [3.63, 3.8) is 0 Å². The van der Waals surface area contributed by atoms with E-state index in [1.807, 2.05) is 0 Å². The van der Waals surface area contributed by atoms with E-state index in [2.05, 4.69) is 9.97 Å². The summed E-state index contributed by atoms with van der Waals surface area (Å²) in [6.07, 6.45) is 3.44. The average Bonchev–Trinajstić information content (AvgIpc) is 2.20. The molecule has 0 aromatic carbocycles. The number of aromatic hydroxyl groups is 1. The molecule has 0 aliphatic heterocycles. The Balaban J connectivity index is 2.60. The van der Waals surface area contributed by atoms with Crippen molar-refractivity contribution in [2.75, 3.05) is 0 Å². The van der Waals surface area contributed by atoms with E-state index in [-0.39, 0.29) is 17.0 Å². The lowest BCUT2D eigenvalue weighted by molar-refractivity contribution is 0.473. The van der Waals surface area contributed by atoms with Gasteiger partial charge in [0.25, 0.3) is 0 Å². The molecule has 76 valence electrons. The first kappa shape index (κ1) is 9.51. The summed E-state index contributed by atoms with van der Waals surface area (Å²) in [6.45, 7) is 0. The van der Waals surface area contributed by atoms with Gasteiger partial charge in [0.15, 0.2) is 5.82 Å². The molecule has 2 rings (SSSR count). The van der Waals surface area contributed by atoms with E-state index in [4.69, 9.17) is 0 Å². The van der Waals surface area contributed by atoms with Gasteiger partial charge < -0.3 is 5.11 Å². The molecule has 0 spiro atoms. The number of halogens is 2. The third-order valence-electron chi connectivity index (χ3n) is 1.86. The monoisotopic (exact) mass is 208 g/mol. The molecule has 2 heterocycles. The van der Waals surface area contributed by atoms with Crippen LogP contribution in [0.15, 0.2) is 30.7 Å². The van der Waals surface area contributed by atoms with E-state index in [1.54, 1.807) is 0 Å². The van der Waals surface area contributed by atoms with Crippen molar-refractivity contribution in [3.8, 4) is 17.0 Å². The summed E-state index contributed by atoms with van der Waals surface area (Å²) >= 11 is 0. The molecule has 2 aromatic heterocycles. The van der Waals surface area contributed by atoms with Gasteiger partial charge in [0.05, 0.1) is 12.4 Å². The number of nitrogens with zero attached hydrogens (tertiary/aromatic N) is 2. The van der Waals surface area contributed by atoms with Gasteiger partial charge in [0.2, 0.25) is 0 Å². The van der Waals surface area contributed by atoms with Crippen molar-refractivity contribution < 1.29 is 13.9 Å². The highest BCUT2D eigenvalue weighted by Crippen LogP contribution is 2.27. The molecule has 0 aliphatic rings. The summed E-state index contributed by atoms with van der Waals surface area (Å²) in [4.78, 5) is 7.21. The van der Waals surface area contributed by atoms with Crippen LogP contribution in [0.2, 0.25) is 0 Å². The SMILES string of the molecule is Oc1cnccc1-c1ncc(F)cc1F. The zero-order valence-electron chi connectivity index (χ0n) is 7.48. The van der Waals surface area contributed by atoms with Crippen molar-refractivity contribution in [3.05, 3.63) is 42.4 Å². The van der Waals surface area contributed by atoms with E-state index in [0.29, 0.717) is 6.07 Å². The van der Waals surface area contributed by atoms with Crippen LogP contribution in [0.4, 0.5) is 8.78 Å². The normalized spacial score (nSPS) is 10.3. The Morgan fingerprint density at radius 3 is 2.67 bits per heavy atom. The van der Waals surface area contributed by atoms with Gasteiger partial charge in [-0.3, -0.25) is 4.98 Å². The zero-order valence-corrected chi connectivity index (χ0v) is 7.48. The van der Waals surface area contributed by atoms with Gasteiger partial charge in [0.1, 0.15) is 17.3 Å². The molecule has 0 amide bonds. The summed E-state index contributed by atoms with van der Waals surface area (Å²) in [5.74, 6) is -1.78. The molecular weight excluding hydrogens is 202 g/mol. The van der Waals surface area contributed by atoms with Crippen LogP contribution in [-0.2, 0) is 0 Å². The number of pyridine rings is 2. The lowest BCUT2D eigenvalue weighted by Gasteiger charge is -2.03. The highest BCUT2D eigenvalue weighted by molar-refractivity contribution is 5.65. The van der Waals surface area contributed by atoms with E-state index in [1.165, 1.54) is 18.5 Å². The minimum Gasteiger partial charge on any atom is -0.506 e. The summed E-state index contributed by atoms with van der Waals surface area (Å²) in [5.41, 5.74) is 0.0822. The Morgan fingerprint density at radius 1 is 1.20 bits per heavy atom. The van der Waals surface area contributed by atoms with Gasteiger partial charge in [0, 0.05) is 17.8 Å². The third kappa shape index (κ3) is 1.76. The molecule has 5 heteroatoms. The molecular formula is C10H6F2N2O. The lowest BCUT2D eigenvalue weighted by Crippen LogP contribution is -1.91. The van der Waals surface area contributed by atoms with Gasteiger partial charge in [-0.1, -0.05) is 0 Å². The van der Waals surface area contributed by atoms with Crippen LogP contribution in [0.25, 0.3) is 11.3 Å². The molecule has 3 nitrogen and oxygen atoms in total. The van der Waals surface area contributed by atoms with Crippen LogP contribution in [0.1, 0.15) is 0 Å². The standard InChI is InChI=1S/C10H6F2N2O/c11-6-3-8(12)10(14-4-6)7-1-2-13-5-9(7)15/h1-5,15H. The van der Waals surface area contributed by atoms with Crippen LogP contribution < -0.4 is 0 Å². The van der Waals surface area contributed by atoms with E-state index in [9.17, 15) is 13.9 Å². The maximum absolute atomic E-state index is 13.3. The van der Waals surface area contributed by atoms with Gasteiger partial charge >= 0.3 is 0 Å². The van der Waals surface area contributed by atoms with Crippen LogP contribution in [0.3, 0.4) is 0 Å². The Bertz CT molecular complexity index is 503. The Hall–Kier alpha value is -2.04. The molecule has 15 heavy (non-hydrogen) atoms. The van der Waals surface area contributed by atoms with Crippen LogP contribution in [0.5, 0.6) is 5.75 Å². The average molecular weight is 208 g/mol. The molecule has 0 saturated carbocycles. The minimum absolute atomic E-state index is 0.101. The second-order valence-corrected chi connectivity index (χ2v) is 2.88. The largest absolute Gasteiger partial charge is 0.506 e. The zero-order chi connectivity index (χ0) is 10.8. The lowest BCUT2D eigenvalue weighted by atomic mass is 10.1. The van der Waals surface area contributed by atoms with Crippen molar-refractivity contribution in [2.24, 2.45) is 0 Å². The van der Waals surface area contributed by atoms with Crippen LogP contribution >= 0.6 is 0 Å². The van der Waals surface area contributed by atoms with Crippen LogP contribution in [0, 0.1) is 11.6 Å². The molecule has 1 N–H and O–H groups in total. The van der Waals surface area contributed by atoms with Crippen molar-refractivity contribution in [2.45, 2.75) is 0 Å². The second kappa shape index (κ2) is 3.61. The van der Waals surface area contributed by atoms with Crippen molar-refractivity contribution in [1.29, 1.82) is 0 Å². The molecule has 0 fully saturated rings. The summed E-state index contributed by atoms with van der Waals surface area (Å²) in [6, 6.07) is 2.11. The first-order valence-corrected chi connectivity index (χ1v) is 4.13. The molecule has 0 atom stereocenters. The van der Waals surface area contributed by atoms with Crippen molar-refractivity contribution >= 4 is 0 Å². The first-order valence-electron chi connectivity index (χ1n) is 4.13. The Labute approximate surface area is 84.1 Å². The predicted octanol–water partition coefficient (Wildman–Crippen LogP) is 2.13. The molecule has 2 aromatic rings. The van der Waals surface area contributed by atoms with E-state index in [0.717, 1.165) is 6.20 Å². The molecule has 0 radical (unpaired) electrons. The third-order valence-corrected chi connectivity index (χ3v) is 1.86. The quantitative estimate of drug-likeness (QED) is 0.780. The highest BCUT2D eigenvalue weighted by atomic mass is 19.1. The highest BCUT2D eigenvalue weighted by Gasteiger charge is 2.11. The fourth-order valence-corrected chi connectivity index (χ4v) is 1.20. The summed E-state index contributed by atoms with van der Waals surface area (Å²) in [7, 11) is 0. The maximum Gasteiger partial charge on any atom is 0.152 e. The van der Waals surface area contributed by atoms with Gasteiger partial charge in [-0.05, 0) is 6.07 Å². The van der Waals surface area contributed by atoms with Gasteiger partial charge in [-0.15, -0.1) is 0 Å². The van der Waals surface area contributed by atoms with Gasteiger partial charge in [-0.25, -0.2) is 13.8 Å². The summed E-state index contributed by atoms with van der Waals surface area (Å²) < 4.78 is 25.9. The number of rotatable bonds is 1. The maximum atomic E-state index is 13.3. The smallest absolute Gasteiger partial charge is 0.152 e. The second-order valence-electron chi connectivity index (χ2n) is 2.88. The van der Waals surface area contributed by atoms with E-state index < -0.39 is 11.6 Å². The fraction of sp³-hybridized carbons (Fsp3) is 0. The summed E-state index contributed by atoms with van der Waals surface area (Å²) in [5, 5.41) is 9.39. The molecule has 0 bridgehead atoms. The number of aromatic nitrogens is 2. The van der Waals surface area contributed by atoms with Crippen molar-refractivity contribution in [1.82, 2.24) is 9.97 Å². The first-order chi connectivity index (χ1) is 7.18. The molecule has 0 saturated heterocycles. The topological polar surface area (TPSA) is 46.0 Å². The van der Waals surface area contributed by atoms with Gasteiger partial charge in [-0.2, -0.15) is 0 Å².